The summed E-state index contributed by atoms with van der Waals surface area (Å²) >= 11 is 1.62. The SMILES string of the molecule is COc1cc(OC)c(-c2cccs2)cc1/C=C/C(=O)c1ccc(CN2CCCCC2C(=O)O)cc1. The highest BCUT2D eigenvalue weighted by atomic mass is 32.1. The first-order chi connectivity index (χ1) is 17.0. The molecule has 1 atom stereocenters. The Kier molecular flexibility index (Phi) is 8.00. The number of nitrogens with zero attached hydrogens (tertiary/aromatic N) is 1. The van der Waals surface area contributed by atoms with Gasteiger partial charge in [-0.15, -0.1) is 11.3 Å². The number of carbonyl (C=O) groups is 2. The monoisotopic (exact) mass is 491 g/mol. The van der Waals surface area contributed by atoms with Crippen LogP contribution in [0.4, 0.5) is 0 Å². The van der Waals surface area contributed by atoms with E-state index in [-0.39, 0.29) is 5.78 Å². The Hall–Kier alpha value is -3.42. The predicted molar refractivity (Wildman–Crippen MR) is 138 cm³/mol. The van der Waals surface area contributed by atoms with Crippen molar-refractivity contribution in [1.82, 2.24) is 4.90 Å². The van der Waals surface area contributed by atoms with Gasteiger partial charge in [0, 0.05) is 34.2 Å². The third kappa shape index (κ3) is 5.81. The Balaban J connectivity index is 1.50. The lowest BCUT2D eigenvalue weighted by Crippen LogP contribution is -2.43. The Morgan fingerprint density at radius 1 is 1.09 bits per heavy atom. The average molecular weight is 492 g/mol. The molecule has 2 heterocycles. The van der Waals surface area contributed by atoms with Gasteiger partial charge in [0.05, 0.1) is 14.2 Å². The summed E-state index contributed by atoms with van der Waals surface area (Å²) in [6, 6.07) is 14.8. The molecular formula is C28H29NO5S. The molecule has 0 amide bonds. The lowest BCUT2D eigenvalue weighted by Gasteiger charge is -2.32. The van der Waals surface area contributed by atoms with Gasteiger partial charge in [0.25, 0.3) is 0 Å². The van der Waals surface area contributed by atoms with E-state index in [1.54, 1.807) is 49.8 Å². The Bertz CT molecular complexity index is 1200. The Morgan fingerprint density at radius 3 is 2.51 bits per heavy atom. The maximum Gasteiger partial charge on any atom is 0.320 e. The maximum absolute atomic E-state index is 12.9. The molecule has 6 nitrogen and oxygen atoms in total. The fourth-order valence-electron chi connectivity index (χ4n) is 4.41. The average Bonchev–Trinajstić information content (AvgIpc) is 3.42. The highest BCUT2D eigenvalue weighted by molar-refractivity contribution is 7.13. The molecule has 1 aromatic heterocycles. The number of methoxy groups -OCH3 is 2. The van der Waals surface area contributed by atoms with Crippen LogP contribution < -0.4 is 9.47 Å². The summed E-state index contributed by atoms with van der Waals surface area (Å²) in [4.78, 5) is 27.5. The lowest BCUT2D eigenvalue weighted by molar-refractivity contribution is -0.144. The third-order valence-electron chi connectivity index (χ3n) is 6.28. The third-order valence-corrected chi connectivity index (χ3v) is 7.18. The van der Waals surface area contributed by atoms with Crippen LogP contribution >= 0.6 is 11.3 Å². The van der Waals surface area contributed by atoms with Crippen molar-refractivity contribution in [2.24, 2.45) is 0 Å². The number of ketones is 1. The van der Waals surface area contributed by atoms with E-state index >= 15 is 0 Å². The topological polar surface area (TPSA) is 76.1 Å². The number of piperidine rings is 1. The minimum atomic E-state index is -0.766. The molecule has 0 aliphatic carbocycles. The summed E-state index contributed by atoms with van der Waals surface area (Å²) in [5.41, 5.74) is 3.30. The number of allylic oxidation sites excluding steroid dienone is 1. The van der Waals surface area contributed by atoms with Gasteiger partial charge in [0.1, 0.15) is 17.5 Å². The van der Waals surface area contributed by atoms with Gasteiger partial charge in [-0.25, -0.2) is 0 Å². The number of likely N-dealkylation sites (tertiary alicyclic amines) is 1. The van der Waals surface area contributed by atoms with Crippen molar-refractivity contribution in [1.29, 1.82) is 0 Å². The molecule has 1 unspecified atom stereocenters. The van der Waals surface area contributed by atoms with Gasteiger partial charge in [-0.2, -0.15) is 0 Å². The van der Waals surface area contributed by atoms with E-state index < -0.39 is 12.0 Å². The van der Waals surface area contributed by atoms with Crippen LogP contribution in [0.1, 0.15) is 40.7 Å². The zero-order valence-corrected chi connectivity index (χ0v) is 20.7. The first kappa shape index (κ1) is 24.7. The van der Waals surface area contributed by atoms with Gasteiger partial charge in [-0.1, -0.05) is 36.8 Å². The second-order valence-corrected chi connectivity index (χ2v) is 9.43. The molecule has 1 N–H and O–H groups in total. The minimum absolute atomic E-state index is 0.117. The minimum Gasteiger partial charge on any atom is -0.496 e. The van der Waals surface area contributed by atoms with Gasteiger partial charge in [-0.05, 0) is 54.6 Å². The van der Waals surface area contributed by atoms with Crippen LogP contribution in [-0.2, 0) is 11.3 Å². The van der Waals surface area contributed by atoms with Gasteiger partial charge in [0.2, 0.25) is 0 Å². The van der Waals surface area contributed by atoms with Gasteiger partial charge >= 0.3 is 5.97 Å². The summed E-state index contributed by atoms with van der Waals surface area (Å²) in [5.74, 6) is 0.449. The van der Waals surface area contributed by atoms with Crippen LogP contribution in [0.15, 0.2) is 60.0 Å². The van der Waals surface area contributed by atoms with E-state index in [2.05, 4.69) is 0 Å². The van der Waals surface area contributed by atoms with E-state index in [1.807, 2.05) is 46.7 Å². The molecule has 3 aromatic rings. The van der Waals surface area contributed by atoms with E-state index in [0.29, 0.717) is 30.0 Å². The highest BCUT2D eigenvalue weighted by Gasteiger charge is 2.28. The van der Waals surface area contributed by atoms with Crippen LogP contribution in [0.25, 0.3) is 16.5 Å². The van der Waals surface area contributed by atoms with E-state index in [1.165, 1.54) is 0 Å². The first-order valence-electron chi connectivity index (χ1n) is 11.6. The molecule has 182 valence electrons. The number of benzene rings is 2. The van der Waals surface area contributed by atoms with Crippen molar-refractivity contribution in [3.63, 3.8) is 0 Å². The molecule has 0 saturated carbocycles. The second-order valence-electron chi connectivity index (χ2n) is 8.49. The largest absolute Gasteiger partial charge is 0.496 e. The van der Waals surface area contributed by atoms with E-state index in [0.717, 1.165) is 41.0 Å². The van der Waals surface area contributed by atoms with E-state index in [9.17, 15) is 14.7 Å². The number of carbonyl (C=O) groups excluding carboxylic acids is 1. The van der Waals surface area contributed by atoms with Crippen molar-refractivity contribution in [2.75, 3.05) is 20.8 Å². The molecule has 0 spiro atoms. The Labute approximate surface area is 209 Å². The molecule has 1 saturated heterocycles. The molecule has 2 aromatic carbocycles. The molecular weight excluding hydrogens is 462 g/mol. The summed E-state index contributed by atoms with van der Waals surface area (Å²) in [6.07, 6.45) is 5.94. The molecule has 1 fully saturated rings. The van der Waals surface area contributed by atoms with Crippen LogP contribution in [-0.4, -0.2) is 48.6 Å². The van der Waals surface area contributed by atoms with Crippen LogP contribution in [0.3, 0.4) is 0 Å². The number of rotatable bonds is 9. The highest BCUT2D eigenvalue weighted by Crippen LogP contribution is 2.38. The summed E-state index contributed by atoms with van der Waals surface area (Å²) < 4.78 is 11.1. The quantitative estimate of drug-likeness (QED) is 0.303. The van der Waals surface area contributed by atoms with Gasteiger partial charge in [-0.3, -0.25) is 14.5 Å². The zero-order chi connectivity index (χ0) is 24.8. The zero-order valence-electron chi connectivity index (χ0n) is 19.9. The maximum atomic E-state index is 12.9. The molecule has 4 rings (SSSR count). The van der Waals surface area contributed by atoms with Crippen molar-refractivity contribution < 1.29 is 24.2 Å². The molecule has 0 radical (unpaired) electrons. The second kappa shape index (κ2) is 11.3. The van der Waals surface area contributed by atoms with Crippen molar-refractivity contribution in [3.8, 4) is 21.9 Å². The number of hydrogen-bond donors (Lipinski definition) is 1. The summed E-state index contributed by atoms with van der Waals surface area (Å²) in [7, 11) is 3.22. The van der Waals surface area contributed by atoms with Crippen molar-refractivity contribution in [3.05, 3.63) is 76.7 Å². The van der Waals surface area contributed by atoms with Crippen molar-refractivity contribution >= 4 is 29.2 Å². The summed E-state index contributed by atoms with van der Waals surface area (Å²) in [5, 5.41) is 11.5. The standard InChI is InChI=1S/C28H29NO5S/c1-33-25-17-26(34-2)22(27-7-5-15-35-27)16-21(25)12-13-24(30)20-10-8-19(9-11-20)18-29-14-4-3-6-23(29)28(31)32/h5,7-13,15-17,23H,3-4,6,14,18H2,1-2H3,(H,31,32)/b13-12+. The van der Waals surface area contributed by atoms with E-state index in [4.69, 9.17) is 9.47 Å². The molecule has 0 bridgehead atoms. The number of aliphatic carboxylic acids is 1. The van der Waals surface area contributed by atoms with Crippen LogP contribution in [0.2, 0.25) is 0 Å². The fraction of sp³-hybridized carbons (Fsp3) is 0.286. The lowest BCUT2D eigenvalue weighted by atomic mass is 10.0. The number of carboxylic acids is 1. The number of carboxylic acid groups (broad SMARTS) is 1. The summed E-state index contributed by atoms with van der Waals surface area (Å²) in [6.45, 7) is 1.34. The smallest absolute Gasteiger partial charge is 0.320 e. The number of thiophene rings is 1. The molecule has 1 aliphatic rings. The number of ether oxygens (including phenoxy) is 2. The molecule has 35 heavy (non-hydrogen) atoms. The first-order valence-corrected chi connectivity index (χ1v) is 12.5. The predicted octanol–water partition coefficient (Wildman–Crippen LogP) is 5.77. The van der Waals surface area contributed by atoms with Crippen LogP contribution in [0, 0.1) is 0 Å². The van der Waals surface area contributed by atoms with Gasteiger partial charge < -0.3 is 14.6 Å². The Morgan fingerprint density at radius 2 is 1.86 bits per heavy atom. The molecule has 7 heteroatoms. The van der Waals surface area contributed by atoms with Crippen molar-refractivity contribution in [2.45, 2.75) is 31.8 Å². The molecule has 1 aliphatic heterocycles. The fourth-order valence-corrected chi connectivity index (χ4v) is 5.16. The van der Waals surface area contributed by atoms with Gasteiger partial charge in [0.15, 0.2) is 5.78 Å². The normalized spacial score (nSPS) is 16.3. The van der Waals surface area contributed by atoms with Crippen LogP contribution in [0.5, 0.6) is 11.5 Å². The number of hydrogen-bond acceptors (Lipinski definition) is 6.